The maximum atomic E-state index is 5.45. The zero-order chi connectivity index (χ0) is 11.9. The van der Waals surface area contributed by atoms with Crippen LogP contribution in [0.4, 0.5) is 0 Å². The zero-order valence-corrected chi connectivity index (χ0v) is 9.54. The van der Waals surface area contributed by atoms with Crippen molar-refractivity contribution >= 4 is 5.90 Å². The lowest BCUT2D eigenvalue weighted by Crippen LogP contribution is -2.09. The Morgan fingerprint density at radius 1 is 1.47 bits per heavy atom. The van der Waals surface area contributed by atoms with Gasteiger partial charge in [0.2, 0.25) is 0 Å². The van der Waals surface area contributed by atoms with Crippen molar-refractivity contribution in [3.05, 3.63) is 48.6 Å². The first-order valence-corrected chi connectivity index (χ1v) is 5.51. The van der Waals surface area contributed by atoms with Gasteiger partial charge in [0.25, 0.3) is 5.90 Å². The number of ether oxygens (including phenoxy) is 2. The highest BCUT2D eigenvalue weighted by Gasteiger charge is 2.23. The molecule has 90 valence electrons. The van der Waals surface area contributed by atoms with E-state index in [0.717, 1.165) is 12.2 Å². The smallest absolute Gasteiger partial charge is 0.257 e. The molecule has 17 heavy (non-hydrogen) atoms. The summed E-state index contributed by atoms with van der Waals surface area (Å²) in [5.41, 5.74) is 0.881. The number of benzene rings is 1. The Labute approximate surface area is 100 Å². The lowest BCUT2D eigenvalue weighted by atomic mass is 10.2. The van der Waals surface area contributed by atoms with Crippen molar-refractivity contribution in [3.8, 4) is 0 Å². The maximum absolute atomic E-state index is 5.45. The first-order valence-electron chi connectivity index (χ1n) is 5.51. The van der Waals surface area contributed by atoms with Gasteiger partial charge in [-0.05, 0) is 17.3 Å². The van der Waals surface area contributed by atoms with Gasteiger partial charge in [-0.25, -0.2) is 0 Å². The highest BCUT2D eigenvalue weighted by molar-refractivity contribution is 5.93. The van der Waals surface area contributed by atoms with Crippen LogP contribution in [0.5, 0.6) is 0 Å². The molecule has 0 radical (unpaired) electrons. The molecule has 1 heterocycles. The van der Waals surface area contributed by atoms with Gasteiger partial charge in [0.05, 0.1) is 6.61 Å². The Kier molecular flexibility index (Phi) is 4.16. The van der Waals surface area contributed by atoms with Crippen LogP contribution in [0.15, 0.2) is 48.1 Å². The summed E-state index contributed by atoms with van der Waals surface area (Å²) in [6.07, 6.45) is 1.86. The minimum atomic E-state index is 0.190. The van der Waals surface area contributed by atoms with Gasteiger partial charge in [-0.2, -0.15) is 0 Å². The van der Waals surface area contributed by atoms with E-state index in [1.165, 1.54) is 0 Å². The topological polar surface area (TPSA) is 43.4 Å². The van der Waals surface area contributed by atoms with Crippen LogP contribution in [-0.4, -0.2) is 31.8 Å². The molecule has 0 bridgehead atoms. The quantitative estimate of drug-likeness (QED) is 0.248. The Hall–Kier alpha value is -1.81. The van der Waals surface area contributed by atoms with Crippen LogP contribution in [0.3, 0.4) is 0 Å². The molecule has 1 aromatic carbocycles. The second kappa shape index (κ2) is 6.06. The molecule has 1 saturated heterocycles. The van der Waals surface area contributed by atoms with Crippen molar-refractivity contribution in [1.29, 1.82) is 0 Å². The largest absolute Gasteiger partial charge is 0.471 e. The van der Waals surface area contributed by atoms with E-state index in [-0.39, 0.29) is 6.10 Å². The summed E-state index contributed by atoms with van der Waals surface area (Å²) in [4.78, 5) is 5.17. The first-order chi connectivity index (χ1) is 8.40. The van der Waals surface area contributed by atoms with Crippen molar-refractivity contribution in [2.24, 2.45) is 5.16 Å². The molecule has 0 aliphatic carbocycles. The molecule has 4 nitrogen and oxygen atoms in total. The summed E-state index contributed by atoms with van der Waals surface area (Å²) < 4.78 is 10.5. The molecule has 0 saturated carbocycles. The molecule has 0 spiro atoms. The predicted molar refractivity (Wildman–Crippen MR) is 64.8 cm³/mol. The Balaban J connectivity index is 1.97. The third kappa shape index (κ3) is 3.92. The van der Waals surface area contributed by atoms with Crippen LogP contribution in [0, 0.1) is 0 Å². The van der Waals surface area contributed by atoms with E-state index in [1.807, 2.05) is 30.3 Å². The van der Waals surface area contributed by atoms with Gasteiger partial charge in [0.15, 0.2) is 0 Å². The zero-order valence-electron chi connectivity index (χ0n) is 9.54. The van der Waals surface area contributed by atoms with Crippen LogP contribution in [-0.2, 0) is 14.3 Å². The van der Waals surface area contributed by atoms with E-state index in [0.29, 0.717) is 19.1 Å². The molecule has 0 amide bonds. The Bertz CT molecular complexity index is 385. The van der Waals surface area contributed by atoms with Crippen LogP contribution in [0.1, 0.15) is 5.56 Å². The van der Waals surface area contributed by atoms with E-state index in [9.17, 15) is 0 Å². The molecule has 1 atom stereocenters. The average Bonchev–Trinajstić information content (AvgIpc) is 3.19. The summed E-state index contributed by atoms with van der Waals surface area (Å²) in [5.74, 6) is 0.464. The normalized spacial score (nSPS) is 18.6. The molecule has 0 N–H and O–H groups in total. The molecule has 4 heteroatoms. The lowest BCUT2D eigenvalue weighted by Gasteiger charge is -2.06. The number of oxime groups is 1. The Morgan fingerprint density at radius 3 is 2.88 bits per heavy atom. The predicted octanol–water partition coefficient (Wildman–Crippen LogP) is 1.97. The second-order valence-electron chi connectivity index (χ2n) is 3.61. The highest BCUT2D eigenvalue weighted by Crippen LogP contribution is 2.09. The molecule has 1 fully saturated rings. The van der Waals surface area contributed by atoms with Crippen molar-refractivity contribution in [3.63, 3.8) is 0 Å². The first kappa shape index (κ1) is 11.7. The van der Waals surface area contributed by atoms with Gasteiger partial charge in [0, 0.05) is 5.56 Å². The van der Waals surface area contributed by atoms with Gasteiger partial charge in [0.1, 0.15) is 19.3 Å². The van der Waals surface area contributed by atoms with Crippen molar-refractivity contribution in [1.82, 2.24) is 0 Å². The van der Waals surface area contributed by atoms with E-state index in [4.69, 9.17) is 14.3 Å². The molecule has 1 aliphatic heterocycles. The van der Waals surface area contributed by atoms with Gasteiger partial charge < -0.3 is 14.3 Å². The van der Waals surface area contributed by atoms with E-state index in [1.54, 1.807) is 6.08 Å². The molecule has 1 aromatic rings. The number of hydrogen-bond acceptors (Lipinski definition) is 4. The van der Waals surface area contributed by atoms with Crippen molar-refractivity contribution < 1.29 is 14.3 Å². The van der Waals surface area contributed by atoms with E-state index in [2.05, 4.69) is 11.7 Å². The standard InChI is InChI=1S/C13H15NO3/c1-2-8-15-13(11-6-4-3-5-7-11)14-17-10-12-9-16-12/h2-7,12H,1,8-10H2. The number of rotatable bonds is 6. The van der Waals surface area contributed by atoms with Gasteiger partial charge in [-0.3, -0.25) is 0 Å². The van der Waals surface area contributed by atoms with Crippen LogP contribution in [0.2, 0.25) is 0 Å². The molecule has 1 unspecified atom stereocenters. The third-order valence-corrected chi connectivity index (χ3v) is 2.17. The summed E-state index contributed by atoms with van der Waals surface area (Å²) in [6.45, 7) is 5.22. The number of hydrogen-bond donors (Lipinski definition) is 0. The summed E-state index contributed by atoms with van der Waals surface area (Å²) in [7, 11) is 0. The van der Waals surface area contributed by atoms with E-state index >= 15 is 0 Å². The fourth-order valence-corrected chi connectivity index (χ4v) is 1.22. The van der Waals surface area contributed by atoms with E-state index < -0.39 is 0 Å². The summed E-state index contributed by atoms with van der Waals surface area (Å²) >= 11 is 0. The molecular formula is C13H15NO3. The molecule has 1 aliphatic rings. The van der Waals surface area contributed by atoms with Gasteiger partial charge in [-0.1, -0.05) is 30.9 Å². The molecule has 2 rings (SSSR count). The van der Waals surface area contributed by atoms with Gasteiger partial charge >= 0.3 is 0 Å². The molecular weight excluding hydrogens is 218 g/mol. The fraction of sp³-hybridized carbons (Fsp3) is 0.308. The maximum Gasteiger partial charge on any atom is 0.257 e. The van der Waals surface area contributed by atoms with Crippen molar-refractivity contribution in [2.45, 2.75) is 6.10 Å². The minimum absolute atomic E-state index is 0.190. The van der Waals surface area contributed by atoms with Crippen LogP contribution < -0.4 is 0 Å². The summed E-state index contributed by atoms with van der Waals surface area (Å²) in [5, 5.41) is 3.98. The van der Waals surface area contributed by atoms with Crippen LogP contribution in [0.25, 0.3) is 0 Å². The monoisotopic (exact) mass is 233 g/mol. The SMILES string of the molecule is C=CCOC(=NOCC1CO1)c1ccccc1. The number of nitrogens with zero attached hydrogens (tertiary/aromatic N) is 1. The molecule has 0 aromatic heterocycles. The van der Waals surface area contributed by atoms with Crippen molar-refractivity contribution in [2.75, 3.05) is 19.8 Å². The highest BCUT2D eigenvalue weighted by atomic mass is 16.7. The summed E-state index contributed by atoms with van der Waals surface area (Å²) in [6, 6.07) is 9.61. The minimum Gasteiger partial charge on any atom is -0.471 e. The second-order valence-corrected chi connectivity index (χ2v) is 3.61. The van der Waals surface area contributed by atoms with Gasteiger partial charge in [-0.15, -0.1) is 0 Å². The number of epoxide rings is 1. The van der Waals surface area contributed by atoms with Crippen LogP contribution >= 0.6 is 0 Å². The lowest BCUT2D eigenvalue weighted by molar-refractivity contribution is 0.117. The fourth-order valence-electron chi connectivity index (χ4n) is 1.22. The Morgan fingerprint density at radius 2 is 2.24 bits per heavy atom. The average molecular weight is 233 g/mol. The third-order valence-electron chi connectivity index (χ3n) is 2.17.